The third-order valence-electron chi connectivity index (χ3n) is 3.95. The van der Waals surface area contributed by atoms with Crippen LogP contribution in [0.2, 0.25) is 0 Å². The molecule has 0 bridgehead atoms. The summed E-state index contributed by atoms with van der Waals surface area (Å²) in [5.41, 5.74) is 2.53. The number of carboxylic acids is 1. The van der Waals surface area contributed by atoms with Crippen LogP contribution in [0.15, 0.2) is 34.7 Å². The zero-order chi connectivity index (χ0) is 17.7. The third kappa shape index (κ3) is 4.72. The zero-order valence-electron chi connectivity index (χ0n) is 14.3. The van der Waals surface area contributed by atoms with Crippen molar-refractivity contribution in [2.45, 2.75) is 46.1 Å². The second-order valence-corrected chi connectivity index (χ2v) is 6.16. The molecule has 5 nitrogen and oxygen atoms in total. The molecule has 0 saturated carbocycles. The smallest absolute Gasteiger partial charge is 0.339 e. The Labute approximate surface area is 141 Å². The fourth-order valence-electron chi connectivity index (χ4n) is 2.44. The van der Waals surface area contributed by atoms with Gasteiger partial charge in [0.25, 0.3) is 0 Å². The van der Waals surface area contributed by atoms with Crippen molar-refractivity contribution in [1.82, 2.24) is 5.32 Å². The summed E-state index contributed by atoms with van der Waals surface area (Å²) >= 11 is 0. The Kier molecular flexibility index (Phi) is 5.79. The van der Waals surface area contributed by atoms with E-state index in [1.165, 1.54) is 11.6 Å². The van der Waals surface area contributed by atoms with Gasteiger partial charge in [-0.05, 0) is 36.5 Å². The Morgan fingerprint density at radius 3 is 2.42 bits per heavy atom. The van der Waals surface area contributed by atoms with E-state index in [4.69, 9.17) is 9.52 Å². The van der Waals surface area contributed by atoms with E-state index < -0.39 is 5.97 Å². The average molecular weight is 329 g/mol. The van der Waals surface area contributed by atoms with E-state index in [1.54, 1.807) is 6.92 Å². The molecule has 2 rings (SSSR count). The van der Waals surface area contributed by atoms with Crippen molar-refractivity contribution < 1.29 is 19.1 Å². The van der Waals surface area contributed by atoms with Crippen molar-refractivity contribution in [1.29, 1.82) is 0 Å². The second kappa shape index (κ2) is 7.81. The van der Waals surface area contributed by atoms with Gasteiger partial charge < -0.3 is 14.8 Å². The van der Waals surface area contributed by atoms with Crippen LogP contribution in [0.25, 0.3) is 0 Å². The number of carbonyl (C=O) groups excluding carboxylic acids is 1. The lowest BCUT2D eigenvalue weighted by Crippen LogP contribution is -2.22. The van der Waals surface area contributed by atoms with Crippen LogP contribution in [-0.4, -0.2) is 17.0 Å². The molecule has 0 unspecified atom stereocenters. The largest absolute Gasteiger partial charge is 0.478 e. The van der Waals surface area contributed by atoms with E-state index in [1.807, 2.05) is 0 Å². The first kappa shape index (κ1) is 17.8. The summed E-state index contributed by atoms with van der Waals surface area (Å²) in [5, 5.41) is 11.7. The van der Waals surface area contributed by atoms with Crippen molar-refractivity contribution in [3.63, 3.8) is 0 Å². The molecule has 24 heavy (non-hydrogen) atoms. The fourth-order valence-corrected chi connectivity index (χ4v) is 2.44. The van der Waals surface area contributed by atoms with Gasteiger partial charge in [-0.15, -0.1) is 0 Å². The Balaban J connectivity index is 1.81. The van der Waals surface area contributed by atoms with E-state index in [9.17, 15) is 9.59 Å². The molecular weight excluding hydrogens is 306 g/mol. The monoisotopic (exact) mass is 329 g/mol. The number of rotatable bonds is 7. The van der Waals surface area contributed by atoms with Crippen molar-refractivity contribution in [3.05, 3.63) is 58.5 Å². The summed E-state index contributed by atoms with van der Waals surface area (Å²) in [6.45, 7) is 6.08. The maximum Gasteiger partial charge on any atom is 0.339 e. The first-order valence-corrected chi connectivity index (χ1v) is 8.05. The Morgan fingerprint density at radius 1 is 1.21 bits per heavy atom. The molecule has 1 heterocycles. The molecule has 0 aliphatic heterocycles. The molecule has 0 atom stereocenters. The normalized spacial score (nSPS) is 10.8. The number of benzene rings is 1. The summed E-state index contributed by atoms with van der Waals surface area (Å²) in [7, 11) is 0. The fraction of sp³-hybridized carbons (Fsp3) is 0.368. The summed E-state index contributed by atoms with van der Waals surface area (Å²) in [6, 6.07) is 9.74. The van der Waals surface area contributed by atoms with Crippen LogP contribution < -0.4 is 5.32 Å². The van der Waals surface area contributed by atoms with E-state index in [0.29, 0.717) is 30.3 Å². The van der Waals surface area contributed by atoms with Gasteiger partial charge in [-0.25, -0.2) is 4.79 Å². The van der Waals surface area contributed by atoms with Crippen LogP contribution in [0.4, 0.5) is 0 Å². The summed E-state index contributed by atoms with van der Waals surface area (Å²) in [5.74, 6) is 0.166. The van der Waals surface area contributed by atoms with Gasteiger partial charge in [0.1, 0.15) is 17.1 Å². The zero-order valence-corrected chi connectivity index (χ0v) is 14.3. The van der Waals surface area contributed by atoms with Gasteiger partial charge in [-0.2, -0.15) is 0 Å². The lowest BCUT2D eigenvalue weighted by atomic mass is 10.0. The van der Waals surface area contributed by atoms with Gasteiger partial charge >= 0.3 is 5.97 Å². The SMILES string of the molecule is Cc1oc(CNC(=O)CCc2ccc(C(C)C)cc2)cc1C(=O)O. The number of hydrogen-bond donors (Lipinski definition) is 2. The van der Waals surface area contributed by atoms with Gasteiger partial charge in [0.15, 0.2) is 0 Å². The van der Waals surface area contributed by atoms with Crippen LogP contribution in [-0.2, 0) is 17.8 Å². The predicted molar refractivity (Wildman–Crippen MR) is 91.1 cm³/mol. The number of furan rings is 1. The highest BCUT2D eigenvalue weighted by atomic mass is 16.4. The first-order chi connectivity index (χ1) is 11.4. The van der Waals surface area contributed by atoms with Crippen molar-refractivity contribution in [2.75, 3.05) is 0 Å². The van der Waals surface area contributed by atoms with Crippen LogP contribution in [0.5, 0.6) is 0 Å². The van der Waals surface area contributed by atoms with Crippen LogP contribution in [0.1, 0.15) is 59.2 Å². The lowest BCUT2D eigenvalue weighted by Gasteiger charge is -2.07. The van der Waals surface area contributed by atoms with E-state index in [-0.39, 0.29) is 18.0 Å². The number of carboxylic acid groups (broad SMARTS) is 1. The van der Waals surface area contributed by atoms with Gasteiger partial charge in [0.05, 0.1) is 6.54 Å². The molecule has 0 aliphatic carbocycles. The predicted octanol–water partition coefficient (Wildman–Crippen LogP) is 3.66. The highest BCUT2D eigenvalue weighted by molar-refractivity contribution is 5.88. The minimum absolute atomic E-state index is 0.0890. The second-order valence-electron chi connectivity index (χ2n) is 6.16. The molecule has 0 fully saturated rings. The molecular formula is C19H23NO4. The summed E-state index contributed by atoms with van der Waals surface area (Å²) in [6.07, 6.45) is 1.05. The third-order valence-corrected chi connectivity index (χ3v) is 3.95. The Hall–Kier alpha value is -2.56. The van der Waals surface area contributed by atoms with Crippen molar-refractivity contribution in [2.24, 2.45) is 0 Å². The molecule has 0 radical (unpaired) electrons. The standard InChI is InChI=1S/C19H23NO4/c1-12(2)15-7-4-14(5-8-15)6-9-18(21)20-11-16-10-17(19(22)23)13(3)24-16/h4-5,7-8,10,12H,6,9,11H2,1-3H3,(H,20,21)(H,22,23). The summed E-state index contributed by atoms with van der Waals surface area (Å²) < 4.78 is 5.33. The Morgan fingerprint density at radius 2 is 1.88 bits per heavy atom. The molecule has 0 saturated heterocycles. The topological polar surface area (TPSA) is 79.5 Å². The van der Waals surface area contributed by atoms with Crippen molar-refractivity contribution in [3.8, 4) is 0 Å². The molecule has 1 aromatic carbocycles. The average Bonchev–Trinajstić information content (AvgIpc) is 2.92. The highest BCUT2D eigenvalue weighted by Gasteiger charge is 2.14. The molecule has 128 valence electrons. The first-order valence-electron chi connectivity index (χ1n) is 8.05. The van der Waals surface area contributed by atoms with Crippen LogP contribution >= 0.6 is 0 Å². The van der Waals surface area contributed by atoms with Gasteiger partial charge in [0, 0.05) is 6.42 Å². The number of nitrogens with one attached hydrogen (secondary N) is 1. The van der Waals surface area contributed by atoms with Gasteiger partial charge in [-0.3, -0.25) is 4.79 Å². The van der Waals surface area contributed by atoms with E-state index >= 15 is 0 Å². The number of aromatic carboxylic acids is 1. The molecule has 1 aromatic heterocycles. The molecule has 0 aliphatic rings. The Bertz CT molecular complexity index is 713. The minimum atomic E-state index is -1.03. The maximum absolute atomic E-state index is 11.9. The molecule has 2 aromatic rings. The lowest BCUT2D eigenvalue weighted by molar-refractivity contribution is -0.121. The number of amides is 1. The highest BCUT2D eigenvalue weighted by Crippen LogP contribution is 2.16. The van der Waals surface area contributed by atoms with E-state index in [2.05, 4.69) is 43.4 Å². The van der Waals surface area contributed by atoms with Gasteiger partial charge in [-0.1, -0.05) is 38.1 Å². The molecule has 2 N–H and O–H groups in total. The number of hydrogen-bond acceptors (Lipinski definition) is 3. The van der Waals surface area contributed by atoms with E-state index in [0.717, 1.165) is 5.56 Å². The maximum atomic E-state index is 11.9. The van der Waals surface area contributed by atoms with Gasteiger partial charge in [0.2, 0.25) is 5.91 Å². The quantitative estimate of drug-likeness (QED) is 0.812. The van der Waals surface area contributed by atoms with Crippen molar-refractivity contribution >= 4 is 11.9 Å². The van der Waals surface area contributed by atoms with Crippen LogP contribution in [0.3, 0.4) is 0 Å². The molecule has 5 heteroatoms. The molecule has 1 amide bonds. The van der Waals surface area contributed by atoms with Crippen LogP contribution in [0, 0.1) is 6.92 Å². The summed E-state index contributed by atoms with van der Waals surface area (Å²) in [4.78, 5) is 22.9. The molecule has 0 spiro atoms. The number of aryl methyl sites for hydroxylation is 2. The minimum Gasteiger partial charge on any atom is -0.478 e. The number of carbonyl (C=O) groups is 2.